The molecule has 0 bridgehead atoms. The van der Waals surface area contributed by atoms with Crippen molar-refractivity contribution in [1.29, 1.82) is 0 Å². The molecule has 7 nitrogen and oxygen atoms in total. The van der Waals surface area contributed by atoms with E-state index in [1.165, 1.54) is 44.6 Å². The SMILES string of the molecule is CCC(CC)N1CCN(Cc2cccc(OC)c2)CC1.O=C(O)C(=O)O. The Bertz CT molecular complexity index is 555. The van der Waals surface area contributed by atoms with Gasteiger partial charge in [0, 0.05) is 38.8 Å². The van der Waals surface area contributed by atoms with Crippen molar-refractivity contribution < 1.29 is 24.5 Å². The molecule has 1 aliphatic rings. The summed E-state index contributed by atoms with van der Waals surface area (Å²) in [5.74, 6) is -2.69. The number of ether oxygens (including phenoxy) is 1. The van der Waals surface area contributed by atoms with E-state index in [1.54, 1.807) is 7.11 Å². The molecule has 0 spiro atoms. The van der Waals surface area contributed by atoms with Gasteiger partial charge in [0.2, 0.25) is 0 Å². The van der Waals surface area contributed by atoms with E-state index >= 15 is 0 Å². The summed E-state index contributed by atoms with van der Waals surface area (Å²) < 4.78 is 5.29. The maximum Gasteiger partial charge on any atom is 0.414 e. The lowest BCUT2D eigenvalue weighted by Gasteiger charge is -2.38. The van der Waals surface area contributed by atoms with Crippen molar-refractivity contribution in [2.75, 3.05) is 33.3 Å². The van der Waals surface area contributed by atoms with Crippen molar-refractivity contribution in [3.8, 4) is 5.75 Å². The molecule has 1 aromatic rings. The summed E-state index contributed by atoms with van der Waals surface area (Å²) in [6.45, 7) is 10.4. The van der Waals surface area contributed by atoms with Crippen LogP contribution < -0.4 is 4.74 Å². The summed E-state index contributed by atoms with van der Waals surface area (Å²) in [6, 6.07) is 9.20. The molecule has 1 fully saturated rings. The highest BCUT2D eigenvalue weighted by Gasteiger charge is 2.21. The van der Waals surface area contributed by atoms with Gasteiger partial charge in [-0.05, 0) is 30.5 Å². The molecule has 2 N–H and O–H groups in total. The molecule has 0 radical (unpaired) electrons. The molecule has 0 saturated carbocycles. The molecule has 1 aromatic carbocycles. The molecule has 1 saturated heterocycles. The Labute approximate surface area is 155 Å². The molecule has 26 heavy (non-hydrogen) atoms. The number of aliphatic carboxylic acids is 2. The number of nitrogens with zero attached hydrogens (tertiary/aromatic N) is 2. The van der Waals surface area contributed by atoms with Crippen LogP contribution in [0.1, 0.15) is 32.3 Å². The van der Waals surface area contributed by atoms with Gasteiger partial charge < -0.3 is 14.9 Å². The van der Waals surface area contributed by atoms with Crippen LogP contribution >= 0.6 is 0 Å². The molecule has 1 aliphatic heterocycles. The number of benzene rings is 1. The van der Waals surface area contributed by atoms with Crippen LogP contribution in [0, 0.1) is 0 Å². The Morgan fingerprint density at radius 2 is 1.65 bits per heavy atom. The average Bonchev–Trinajstić information content (AvgIpc) is 2.64. The van der Waals surface area contributed by atoms with Crippen molar-refractivity contribution >= 4 is 11.9 Å². The minimum atomic E-state index is -1.82. The van der Waals surface area contributed by atoms with Gasteiger partial charge in [-0.1, -0.05) is 26.0 Å². The highest BCUT2D eigenvalue weighted by atomic mass is 16.5. The Hall–Kier alpha value is -2.12. The summed E-state index contributed by atoms with van der Waals surface area (Å²) in [7, 11) is 1.73. The first-order valence-electron chi connectivity index (χ1n) is 8.96. The molecule has 0 aromatic heterocycles. The van der Waals surface area contributed by atoms with Gasteiger partial charge in [0.15, 0.2) is 0 Å². The van der Waals surface area contributed by atoms with E-state index in [0.29, 0.717) is 0 Å². The number of carbonyl (C=O) groups is 2. The van der Waals surface area contributed by atoms with Gasteiger partial charge in [-0.15, -0.1) is 0 Å². The number of methoxy groups -OCH3 is 1. The van der Waals surface area contributed by atoms with Crippen molar-refractivity contribution in [3.05, 3.63) is 29.8 Å². The Kier molecular flexibility index (Phi) is 9.69. The fourth-order valence-electron chi connectivity index (χ4n) is 3.12. The first-order chi connectivity index (χ1) is 12.4. The smallest absolute Gasteiger partial charge is 0.414 e. The highest BCUT2D eigenvalue weighted by Crippen LogP contribution is 2.17. The molecule has 146 valence electrons. The van der Waals surface area contributed by atoms with Crippen LogP contribution in [0.5, 0.6) is 5.75 Å². The fourth-order valence-corrected chi connectivity index (χ4v) is 3.12. The van der Waals surface area contributed by atoms with Crippen molar-refractivity contribution in [3.63, 3.8) is 0 Å². The molecular weight excluding hydrogens is 336 g/mol. The summed E-state index contributed by atoms with van der Waals surface area (Å²) in [6.07, 6.45) is 2.54. The van der Waals surface area contributed by atoms with Crippen LogP contribution in [-0.4, -0.2) is 71.3 Å². The van der Waals surface area contributed by atoms with Crippen molar-refractivity contribution in [1.82, 2.24) is 9.80 Å². The lowest BCUT2D eigenvalue weighted by Crippen LogP contribution is -2.49. The highest BCUT2D eigenvalue weighted by molar-refractivity contribution is 6.27. The number of carboxylic acid groups (broad SMARTS) is 2. The van der Waals surface area contributed by atoms with Crippen LogP contribution in [0.2, 0.25) is 0 Å². The third kappa shape index (κ3) is 7.41. The van der Waals surface area contributed by atoms with Gasteiger partial charge in [-0.25, -0.2) is 9.59 Å². The van der Waals surface area contributed by atoms with Gasteiger partial charge >= 0.3 is 11.9 Å². The summed E-state index contributed by atoms with van der Waals surface area (Å²) >= 11 is 0. The number of piperazine rings is 1. The minimum absolute atomic E-state index is 0.772. The van der Waals surface area contributed by atoms with Gasteiger partial charge in [0.1, 0.15) is 5.75 Å². The molecule has 0 aliphatic carbocycles. The van der Waals surface area contributed by atoms with Gasteiger partial charge in [0.05, 0.1) is 7.11 Å². The molecule has 0 amide bonds. The van der Waals surface area contributed by atoms with Gasteiger partial charge in [-0.2, -0.15) is 0 Å². The van der Waals surface area contributed by atoms with Crippen LogP contribution in [0.4, 0.5) is 0 Å². The second-order valence-electron chi connectivity index (χ2n) is 6.24. The molecule has 1 heterocycles. The monoisotopic (exact) mass is 366 g/mol. The fraction of sp³-hybridized carbons (Fsp3) is 0.579. The Morgan fingerprint density at radius 3 is 2.12 bits per heavy atom. The van der Waals surface area contributed by atoms with Gasteiger partial charge in [0.25, 0.3) is 0 Å². The van der Waals surface area contributed by atoms with E-state index in [0.717, 1.165) is 18.3 Å². The second-order valence-corrected chi connectivity index (χ2v) is 6.24. The van der Waals surface area contributed by atoms with E-state index in [9.17, 15) is 0 Å². The third-order valence-corrected chi connectivity index (χ3v) is 4.59. The van der Waals surface area contributed by atoms with E-state index in [1.807, 2.05) is 6.07 Å². The minimum Gasteiger partial charge on any atom is -0.497 e. The van der Waals surface area contributed by atoms with Crippen molar-refractivity contribution in [2.24, 2.45) is 0 Å². The Morgan fingerprint density at radius 1 is 1.08 bits per heavy atom. The van der Waals surface area contributed by atoms with E-state index in [-0.39, 0.29) is 0 Å². The van der Waals surface area contributed by atoms with Crippen LogP contribution in [-0.2, 0) is 16.1 Å². The lowest BCUT2D eigenvalue weighted by molar-refractivity contribution is -0.159. The predicted molar refractivity (Wildman–Crippen MR) is 99.5 cm³/mol. The summed E-state index contributed by atoms with van der Waals surface area (Å²) in [4.78, 5) is 23.4. The van der Waals surface area contributed by atoms with E-state index < -0.39 is 11.9 Å². The maximum atomic E-state index is 9.10. The molecule has 7 heteroatoms. The first-order valence-corrected chi connectivity index (χ1v) is 8.96. The van der Waals surface area contributed by atoms with E-state index in [4.69, 9.17) is 24.5 Å². The molecular formula is C19H30N2O5. The normalized spacial score (nSPS) is 15.2. The van der Waals surface area contributed by atoms with Crippen LogP contribution in [0.25, 0.3) is 0 Å². The predicted octanol–water partition coefficient (Wildman–Crippen LogP) is 2.16. The summed E-state index contributed by atoms with van der Waals surface area (Å²) in [5, 5.41) is 14.8. The standard InChI is InChI=1S/C17H28N2O.C2H2O4/c1-4-16(5-2)19-11-9-18(10-12-19)14-15-7-6-8-17(13-15)20-3;3-1(4)2(5)6/h6-8,13,16H,4-5,9-12,14H2,1-3H3;(H,3,4)(H,5,6). The topological polar surface area (TPSA) is 90.3 Å². The number of carboxylic acids is 2. The first kappa shape index (κ1) is 21.9. The number of hydrogen-bond donors (Lipinski definition) is 2. The van der Waals surface area contributed by atoms with Crippen LogP contribution in [0.3, 0.4) is 0 Å². The lowest BCUT2D eigenvalue weighted by atomic mass is 10.1. The molecule has 2 rings (SSSR count). The van der Waals surface area contributed by atoms with Crippen molar-refractivity contribution in [2.45, 2.75) is 39.3 Å². The zero-order chi connectivity index (χ0) is 19.5. The number of hydrogen-bond acceptors (Lipinski definition) is 5. The molecule has 0 unspecified atom stereocenters. The quantitative estimate of drug-likeness (QED) is 0.746. The zero-order valence-corrected chi connectivity index (χ0v) is 15.9. The number of rotatable bonds is 6. The zero-order valence-electron chi connectivity index (χ0n) is 15.9. The second kappa shape index (κ2) is 11.5. The maximum absolute atomic E-state index is 9.10. The van der Waals surface area contributed by atoms with E-state index in [2.05, 4.69) is 41.8 Å². The summed E-state index contributed by atoms with van der Waals surface area (Å²) in [5.41, 5.74) is 1.35. The van der Waals surface area contributed by atoms with Gasteiger partial charge in [-0.3, -0.25) is 9.80 Å². The largest absolute Gasteiger partial charge is 0.497 e. The molecule has 0 atom stereocenters. The average molecular weight is 366 g/mol. The Balaban J connectivity index is 0.000000487. The third-order valence-electron chi connectivity index (χ3n) is 4.59. The van der Waals surface area contributed by atoms with Crippen LogP contribution in [0.15, 0.2) is 24.3 Å².